The van der Waals surface area contributed by atoms with E-state index in [1.54, 1.807) is 24.3 Å². The van der Waals surface area contributed by atoms with E-state index in [4.69, 9.17) is 9.72 Å². The van der Waals surface area contributed by atoms with Crippen LogP contribution in [0.5, 0.6) is 0 Å². The number of hydrogen-bond donors (Lipinski definition) is 1. The highest BCUT2D eigenvalue weighted by atomic mass is 32.1. The third-order valence-electron chi connectivity index (χ3n) is 3.66. The van der Waals surface area contributed by atoms with Crippen LogP contribution >= 0.6 is 11.3 Å². The minimum absolute atomic E-state index is 0.305. The van der Waals surface area contributed by atoms with Gasteiger partial charge in [-0.05, 0) is 30.5 Å². The first kappa shape index (κ1) is 15.7. The van der Waals surface area contributed by atoms with Gasteiger partial charge in [0, 0.05) is 29.5 Å². The van der Waals surface area contributed by atoms with Crippen LogP contribution in [0.4, 0.5) is 5.13 Å². The normalized spacial score (nSPS) is 12.3. The second kappa shape index (κ2) is 6.96. The Morgan fingerprint density at radius 2 is 2.30 bits per heavy atom. The van der Waals surface area contributed by atoms with Gasteiger partial charge in [0.25, 0.3) is 0 Å². The molecule has 0 spiro atoms. The molecule has 5 heteroatoms. The summed E-state index contributed by atoms with van der Waals surface area (Å²) < 4.78 is 4.90. The number of nitrogens with zero attached hydrogens (tertiary/aromatic N) is 1. The molecule has 0 radical (unpaired) electrons. The molecular weight excluding hydrogens is 308 g/mol. The summed E-state index contributed by atoms with van der Waals surface area (Å²) in [7, 11) is 0. The van der Waals surface area contributed by atoms with Crippen LogP contribution in [-0.2, 0) is 16.0 Å². The average molecular weight is 328 g/mol. The van der Waals surface area contributed by atoms with Crippen molar-refractivity contribution in [2.75, 3.05) is 18.5 Å². The van der Waals surface area contributed by atoms with E-state index in [1.165, 1.54) is 22.1 Å². The number of hydrogen-bond acceptors (Lipinski definition) is 5. The summed E-state index contributed by atoms with van der Waals surface area (Å²) in [5.74, 6) is -0.305. The molecule has 0 amide bonds. The maximum absolute atomic E-state index is 11.4. The van der Waals surface area contributed by atoms with Crippen LogP contribution < -0.4 is 5.32 Å². The number of aromatic nitrogens is 1. The second-order valence-electron chi connectivity index (χ2n) is 5.40. The molecule has 0 aliphatic heterocycles. The number of nitrogens with one attached hydrogen (secondary N) is 1. The summed E-state index contributed by atoms with van der Waals surface area (Å²) in [5, 5.41) is 4.36. The molecule has 1 heterocycles. The van der Waals surface area contributed by atoms with Crippen LogP contribution in [0, 0.1) is 0 Å². The minimum Gasteiger partial charge on any atom is -0.463 e. The fourth-order valence-electron chi connectivity index (χ4n) is 2.61. The zero-order chi connectivity index (χ0) is 16.2. The Hall–Kier alpha value is -2.14. The molecule has 3 rings (SSSR count). The number of benzene rings is 1. The van der Waals surface area contributed by atoms with E-state index in [2.05, 4.69) is 24.4 Å². The number of thiazole rings is 1. The molecule has 0 unspecified atom stereocenters. The van der Waals surface area contributed by atoms with Gasteiger partial charge in [-0.15, -0.1) is 11.3 Å². The second-order valence-corrected chi connectivity index (χ2v) is 6.48. The monoisotopic (exact) mass is 328 g/mol. The van der Waals surface area contributed by atoms with Crippen molar-refractivity contribution in [2.24, 2.45) is 0 Å². The largest absolute Gasteiger partial charge is 0.463 e. The smallest absolute Gasteiger partial charge is 0.330 e. The van der Waals surface area contributed by atoms with Crippen LogP contribution in [0.15, 0.2) is 24.3 Å². The molecule has 0 saturated carbocycles. The predicted octanol–water partition coefficient (Wildman–Crippen LogP) is 4.11. The lowest BCUT2D eigenvalue weighted by Crippen LogP contribution is -1.99. The topological polar surface area (TPSA) is 51.2 Å². The highest BCUT2D eigenvalue weighted by Crippen LogP contribution is 2.41. The van der Waals surface area contributed by atoms with Gasteiger partial charge in [0.1, 0.15) is 0 Å². The highest BCUT2D eigenvalue weighted by Gasteiger charge is 2.23. The van der Waals surface area contributed by atoms with Gasteiger partial charge < -0.3 is 10.1 Å². The number of carbonyl (C=O) groups is 1. The van der Waals surface area contributed by atoms with E-state index in [0.717, 1.165) is 35.8 Å². The minimum atomic E-state index is -0.305. The first-order valence-electron chi connectivity index (χ1n) is 7.93. The van der Waals surface area contributed by atoms with Crippen LogP contribution in [0.25, 0.3) is 17.3 Å². The highest BCUT2D eigenvalue weighted by molar-refractivity contribution is 7.16. The molecular formula is C18H20N2O2S. The van der Waals surface area contributed by atoms with E-state index < -0.39 is 0 Å². The number of fused-ring (bicyclic) bond motifs is 3. The summed E-state index contributed by atoms with van der Waals surface area (Å²) >= 11 is 1.73. The van der Waals surface area contributed by atoms with Crippen molar-refractivity contribution < 1.29 is 9.53 Å². The van der Waals surface area contributed by atoms with Gasteiger partial charge >= 0.3 is 5.97 Å². The van der Waals surface area contributed by atoms with Crippen LogP contribution in [-0.4, -0.2) is 24.1 Å². The lowest BCUT2D eigenvalue weighted by molar-refractivity contribution is -0.137. The summed E-state index contributed by atoms with van der Waals surface area (Å²) in [6, 6.07) is 6.23. The van der Waals surface area contributed by atoms with Gasteiger partial charge in [-0.25, -0.2) is 9.78 Å². The number of esters is 1. The fourth-order valence-corrected chi connectivity index (χ4v) is 3.64. The molecule has 1 N–H and O–H groups in total. The van der Waals surface area contributed by atoms with E-state index in [9.17, 15) is 4.79 Å². The molecule has 120 valence electrons. The summed E-state index contributed by atoms with van der Waals surface area (Å²) in [4.78, 5) is 17.4. The van der Waals surface area contributed by atoms with Crippen molar-refractivity contribution in [1.29, 1.82) is 0 Å². The van der Waals surface area contributed by atoms with Gasteiger partial charge in [-0.1, -0.05) is 25.1 Å². The zero-order valence-electron chi connectivity index (χ0n) is 13.4. The predicted molar refractivity (Wildman–Crippen MR) is 94.8 cm³/mol. The number of rotatable bonds is 6. The summed E-state index contributed by atoms with van der Waals surface area (Å²) in [6.45, 7) is 5.30. The Bertz CT molecular complexity index is 749. The Kier molecular flexibility index (Phi) is 4.76. The first-order valence-corrected chi connectivity index (χ1v) is 8.74. The summed E-state index contributed by atoms with van der Waals surface area (Å²) in [5.41, 5.74) is 4.58. The molecule has 0 atom stereocenters. The van der Waals surface area contributed by atoms with E-state index in [-0.39, 0.29) is 5.97 Å². The number of carbonyl (C=O) groups excluding carboxylic acids is 1. The van der Waals surface area contributed by atoms with Crippen LogP contribution in [0.1, 0.15) is 36.3 Å². The van der Waals surface area contributed by atoms with E-state index in [1.807, 2.05) is 6.07 Å². The van der Waals surface area contributed by atoms with Gasteiger partial charge in [-0.3, -0.25) is 0 Å². The van der Waals surface area contributed by atoms with Gasteiger partial charge in [0.05, 0.1) is 12.3 Å². The molecule has 0 bridgehead atoms. The third-order valence-corrected chi connectivity index (χ3v) is 4.67. The Labute approximate surface area is 140 Å². The SMILES string of the molecule is CCCNc1nc2c(s1)Cc1cc(/C=C/C(=O)OCC)ccc1-2. The molecule has 1 aliphatic carbocycles. The molecule has 1 aliphatic rings. The van der Waals surface area contributed by atoms with Gasteiger partial charge in [0.2, 0.25) is 0 Å². The van der Waals surface area contributed by atoms with E-state index >= 15 is 0 Å². The lowest BCUT2D eigenvalue weighted by atomic mass is 10.1. The number of anilines is 1. The lowest BCUT2D eigenvalue weighted by Gasteiger charge is -2.03. The maximum Gasteiger partial charge on any atom is 0.330 e. The molecule has 2 aromatic rings. The first-order chi connectivity index (χ1) is 11.2. The van der Waals surface area contributed by atoms with E-state index in [0.29, 0.717) is 6.61 Å². The van der Waals surface area contributed by atoms with Crippen LogP contribution in [0.2, 0.25) is 0 Å². The third kappa shape index (κ3) is 3.45. The van der Waals surface area contributed by atoms with Gasteiger partial charge in [-0.2, -0.15) is 0 Å². The zero-order valence-corrected chi connectivity index (χ0v) is 14.2. The van der Waals surface area contributed by atoms with Crippen molar-refractivity contribution >= 4 is 28.5 Å². The quantitative estimate of drug-likeness (QED) is 0.546. The van der Waals surface area contributed by atoms with Crippen LogP contribution in [0.3, 0.4) is 0 Å². The molecule has 0 saturated heterocycles. The number of ether oxygens (including phenoxy) is 1. The molecule has 0 fully saturated rings. The molecule has 4 nitrogen and oxygen atoms in total. The Morgan fingerprint density at radius 1 is 1.43 bits per heavy atom. The molecule has 1 aromatic carbocycles. The standard InChI is InChI=1S/C18H20N2O2S/c1-3-9-19-18-20-17-14-7-5-12(6-8-16(21)22-4-2)10-13(14)11-15(17)23-18/h5-8,10H,3-4,9,11H2,1-2H3,(H,19,20)/b8-6+. The van der Waals surface area contributed by atoms with Crippen molar-refractivity contribution in [2.45, 2.75) is 26.7 Å². The molecule has 1 aromatic heterocycles. The van der Waals surface area contributed by atoms with Crippen molar-refractivity contribution in [3.8, 4) is 11.3 Å². The fraction of sp³-hybridized carbons (Fsp3) is 0.333. The average Bonchev–Trinajstić information content (AvgIpc) is 3.08. The molecule has 23 heavy (non-hydrogen) atoms. The Morgan fingerprint density at radius 3 is 3.09 bits per heavy atom. The van der Waals surface area contributed by atoms with Gasteiger partial charge in [0.15, 0.2) is 5.13 Å². The van der Waals surface area contributed by atoms with Crippen molar-refractivity contribution in [1.82, 2.24) is 4.98 Å². The van der Waals surface area contributed by atoms with Crippen molar-refractivity contribution in [3.63, 3.8) is 0 Å². The summed E-state index contributed by atoms with van der Waals surface area (Å²) in [6.07, 6.45) is 5.28. The van der Waals surface area contributed by atoms with Crippen molar-refractivity contribution in [3.05, 3.63) is 40.3 Å². The Balaban J connectivity index is 1.77. The maximum atomic E-state index is 11.4.